The van der Waals surface area contributed by atoms with E-state index in [1.54, 1.807) is 31.2 Å². The molecule has 0 aliphatic rings. The van der Waals surface area contributed by atoms with E-state index in [1.807, 2.05) is 25.1 Å². The van der Waals surface area contributed by atoms with Crippen molar-refractivity contribution < 1.29 is 19.1 Å². The quantitative estimate of drug-likeness (QED) is 0.621. The first kappa shape index (κ1) is 20.8. The van der Waals surface area contributed by atoms with Gasteiger partial charge in [0.05, 0.1) is 25.6 Å². The molecule has 9 heteroatoms. The predicted molar refractivity (Wildman–Crippen MR) is 112 cm³/mol. The van der Waals surface area contributed by atoms with E-state index in [0.29, 0.717) is 28.6 Å². The Morgan fingerprint density at radius 1 is 1.03 bits per heavy atom. The Labute approximate surface area is 174 Å². The van der Waals surface area contributed by atoms with Crippen LogP contribution in [0.2, 0.25) is 0 Å². The highest BCUT2D eigenvalue weighted by Gasteiger charge is 2.19. The van der Waals surface area contributed by atoms with Crippen molar-refractivity contribution in [2.75, 3.05) is 24.9 Å². The van der Waals surface area contributed by atoms with Crippen molar-refractivity contribution in [3.63, 3.8) is 0 Å². The van der Waals surface area contributed by atoms with E-state index in [2.05, 4.69) is 20.9 Å². The molecular formula is C21H23N5O4. The number of aryl methyl sites for hydroxylation is 1. The largest absolute Gasteiger partial charge is 0.497 e. The van der Waals surface area contributed by atoms with E-state index in [0.717, 1.165) is 5.56 Å². The Kier molecular flexibility index (Phi) is 6.31. The fraction of sp³-hybridized carbons (Fsp3) is 0.238. The molecule has 9 nitrogen and oxygen atoms in total. The first-order valence-electron chi connectivity index (χ1n) is 9.21. The number of benzene rings is 2. The lowest BCUT2D eigenvalue weighted by Crippen LogP contribution is -2.21. The molecule has 0 bridgehead atoms. The summed E-state index contributed by atoms with van der Waals surface area (Å²) < 4.78 is 11.8. The molecule has 2 aromatic carbocycles. The normalized spacial score (nSPS) is 10.4. The topological polar surface area (TPSA) is 107 Å². The van der Waals surface area contributed by atoms with Crippen LogP contribution >= 0.6 is 0 Å². The number of aromatic nitrogens is 3. The lowest BCUT2D eigenvalue weighted by molar-refractivity contribution is -0.117. The van der Waals surface area contributed by atoms with Gasteiger partial charge in [0.15, 0.2) is 5.69 Å². The predicted octanol–water partition coefficient (Wildman–Crippen LogP) is 2.80. The monoisotopic (exact) mass is 409 g/mol. The molecule has 156 valence electrons. The minimum Gasteiger partial charge on any atom is -0.497 e. The molecule has 0 aliphatic heterocycles. The summed E-state index contributed by atoms with van der Waals surface area (Å²) in [5, 5.41) is 13.4. The van der Waals surface area contributed by atoms with Gasteiger partial charge in [0, 0.05) is 11.8 Å². The van der Waals surface area contributed by atoms with E-state index in [4.69, 9.17) is 9.47 Å². The van der Waals surface area contributed by atoms with E-state index in [9.17, 15) is 9.59 Å². The summed E-state index contributed by atoms with van der Waals surface area (Å²) in [6.45, 7) is 3.56. The fourth-order valence-electron chi connectivity index (χ4n) is 2.87. The van der Waals surface area contributed by atoms with E-state index in [1.165, 1.54) is 18.9 Å². The molecule has 0 saturated heterocycles. The van der Waals surface area contributed by atoms with Crippen LogP contribution in [-0.4, -0.2) is 41.0 Å². The number of carbonyl (C=O) groups excluding carboxylic acids is 2. The number of hydrogen-bond acceptors (Lipinski definition) is 6. The number of anilines is 2. The summed E-state index contributed by atoms with van der Waals surface area (Å²) in [5.41, 5.74) is 2.75. The van der Waals surface area contributed by atoms with Gasteiger partial charge in [-0.25, -0.2) is 4.68 Å². The van der Waals surface area contributed by atoms with Gasteiger partial charge in [0.25, 0.3) is 5.91 Å². The number of methoxy groups -OCH3 is 2. The van der Waals surface area contributed by atoms with Gasteiger partial charge in [-0.05, 0) is 43.7 Å². The van der Waals surface area contributed by atoms with Crippen LogP contribution in [0.25, 0.3) is 0 Å². The minimum atomic E-state index is -0.468. The molecular weight excluding hydrogens is 386 g/mol. The van der Waals surface area contributed by atoms with Crippen molar-refractivity contribution in [1.29, 1.82) is 0 Å². The maximum Gasteiger partial charge on any atom is 0.278 e. The molecule has 0 unspecified atom stereocenters. The zero-order chi connectivity index (χ0) is 21.7. The number of hydrogen-bond donors (Lipinski definition) is 2. The third kappa shape index (κ3) is 4.75. The second-order valence-electron chi connectivity index (χ2n) is 6.62. The maximum atomic E-state index is 12.7. The van der Waals surface area contributed by atoms with E-state index in [-0.39, 0.29) is 18.1 Å². The van der Waals surface area contributed by atoms with Crippen molar-refractivity contribution in [2.24, 2.45) is 0 Å². The number of nitrogens with one attached hydrogen (secondary N) is 2. The highest BCUT2D eigenvalue weighted by atomic mass is 16.5. The Hall–Kier alpha value is -3.88. The maximum absolute atomic E-state index is 12.7. The van der Waals surface area contributed by atoms with Crippen molar-refractivity contribution in [1.82, 2.24) is 15.0 Å². The van der Waals surface area contributed by atoms with E-state index < -0.39 is 5.91 Å². The van der Waals surface area contributed by atoms with Gasteiger partial charge in [-0.1, -0.05) is 17.3 Å². The zero-order valence-electron chi connectivity index (χ0n) is 17.2. The lowest BCUT2D eigenvalue weighted by Gasteiger charge is -2.11. The van der Waals surface area contributed by atoms with Gasteiger partial charge in [-0.15, -0.1) is 5.10 Å². The summed E-state index contributed by atoms with van der Waals surface area (Å²) in [5.74, 6) is 0.311. The van der Waals surface area contributed by atoms with Crippen LogP contribution in [0.15, 0.2) is 42.5 Å². The average molecular weight is 409 g/mol. The molecule has 0 spiro atoms. The third-order valence-electron chi connectivity index (χ3n) is 4.45. The van der Waals surface area contributed by atoms with Crippen LogP contribution in [0.5, 0.6) is 11.5 Å². The molecule has 0 atom stereocenters. The number of rotatable bonds is 7. The number of amides is 2. The minimum absolute atomic E-state index is 0.0669. The molecule has 3 rings (SSSR count). The van der Waals surface area contributed by atoms with Crippen LogP contribution in [0.4, 0.5) is 11.4 Å². The average Bonchev–Trinajstić information content (AvgIpc) is 3.08. The van der Waals surface area contributed by atoms with Crippen molar-refractivity contribution in [2.45, 2.75) is 20.4 Å². The van der Waals surface area contributed by atoms with Crippen LogP contribution in [0.1, 0.15) is 21.7 Å². The van der Waals surface area contributed by atoms with Gasteiger partial charge >= 0.3 is 0 Å². The molecule has 0 aliphatic carbocycles. The summed E-state index contributed by atoms with van der Waals surface area (Å²) in [6, 6.07) is 12.5. The molecule has 0 radical (unpaired) electrons. The number of ether oxygens (including phenoxy) is 2. The SMILES string of the molecule is COc1ccc(OC)c(NC(=O)c2nnn(CC(=O)Nc3cccc(C)c3)c2C)c1. The van der Waals surface area contributed by atoms with Crippen molar-refractivity contribution in [3.05, 3.63) is 59.4 Å². The van der Waals surface area contributed by atoms with Crippen LogP contribution in [-0.2, 0) is 11.3 Å². The highest BCUT2D eigenvalue weighted by Crippen LogP contribution is 2.29. The van der Waals surface area contributed by atoms with Crippen molar-refractivity contribution >= 4 is 23.2 Å². The van der Waals surface area contributed by atoms with Gasteiger partial charge in [0.2, 0.25) is 5.91 Å². The molecule has 3 aromatic rings. The van der Waals surface area contributed by atoms with Gasteiger partial charge in [0.1, 0.15) is 18.0 Å². The molecule has 1 aromatic heterocycles. The number of carbonyl (C=O) groups is 2. The molecule has 2 amide bonds. The smallest absolute Gasteiger partial charge is 0.278 e. The lowest BCUT2D eigenvalue weighted by atomic mass is 10.2. The summed E-state index contributed by atoms with van der Waals surface area (Å²) >= 11 is 0. The van der Waals surface area contributed by atoms with Gasteiger partial charge < -0.3 is 20.1 Å². The second kappa shape index (κ2) is 9.08. The Bertz CT molecular complexity index is 1080. The van der Waals surface area contributed by atoms with E-state index >= 15 is 0 Å². The Morgan fingerprint density at radius 3 is 2.53 bits per heavy atom. The number of nitrogens with zero attached hydrogens (tertiary/aromatic N) is 3. The summed E-state index contributed by atoms with van der Waals surface area (Å²) in [6.07, 6.45) is 0. The van der Waals surface area contributed by atoms with Crippen LogP contribution < -0.4 is 20.1 Å². The van der Waals surface area contributed by atoms with Crippen molar-refractivity contribution in [3.8, 4) is 11.5 Å². The fourth-order valence-corrected chi connectivity index (χ4v) is 2.87. The first-order valence-corrected chi connectivity index (χ1v) is 9.21. The van der Waals surface area contributed by atoms with Gasteiger partial charge in [-0.2, -0.15) is 0 Å². The third-order valence-corrected chi connectivity index (χ3v) is 4.45. The standard InChI is InChI=1S/C21H23N5O4/c1-13-6-5-7-15(10-13)22-19(27)12-26-14(2)20(24-25-26)21(28)23-17-11-16(29-3)8-9-18(17)30-4/h5-11H,12H2,1-4H3,(H,22,27)(H,23,28). The van der Waals surface area contributed by atoms with Crippen LogP contribution in [0.3, 0.4) is 0 Å². The molecule has 30 heavy (non-hydrogen) atoms. The molecule has 0 saturated carbocycles. The molecule has 1 heterocycles. The molecule has 2 N–H and O–H groups in total. The second-order valence-corrected chi connectivity index (χ2v) is 6.62. The zero-order valence-corrected chi connectivity index (χ0v) is 17.2. The highest BCUT2D eigenvalue weighted by molar-refractivity contribution is 6.04. The molecule has 0 fully saturated rings. The summed E-state index contributed by atoms with van der Waals surface area (Å²) in [7, 11) is 3.04. The first-order chi connectivity index (χ1) is 14.4. The Morgan fingerprint density at radius 2 is 1.83 bits per heavy atom. The summed E-state index contributed by atoms with van der Waals surface area (Å²) in [4.78, 5) is 25.0. The Balaban J connectivity index is 1.71. The van der Waals surface area contributed by atoms with Gasteiger partial charge in [-0.3, -0.25) is 9.59 Å². The van der Waals surface area contributed by atoms with Crippen LogP contribution in [0, 0.1) is 13.8 Å².